The lowest BCUT2D eigenvalue weighted by molar-refractivity contribution is -0.114. The molecule has 1 N–H and O–H groups in total. The molecule has 4 aromatic rings. The predicted octanol–water partition coefficient (Wildman–Crippen LogP) is 4.21. The molecule has 3 aromatic heterocycles. The number of likely N-dealkylation sites (tertiary alicyclic amines) is 1. The number of anilines is 2. The van der Waals surface area contributed by atoms with Gasteiger partial charge < -0.3 is 4.90 Å². The normalized spacial score (nSPS) is 17.0. The van der Waals surface area contributed by atoms with Crippen LogP contribution >= 0.6 is 0 Å². The minimum absolute atomic E-state index is 0.0766. The van der Waals surface area contributed by atoms with Crippen molar-refractivity contribution in [3.05, 3.63) is 71.9 Å². The van der Waals surface area contributed by atoms with Crippen LogP contribution in [0.5, 0.6) is 0 Å². The number of pyridine rings is 2. The number of benzene rings is 1. The third-order valence-electron chi connectivity index (χ3n) is 6.73. The topological polar surface area (TPSA) is 95.7 Å². The number of amides is 3. The standard InChI is InChI=1S/C26H24FN7O2/c1-16(35)29-25-30-24-14-17(7-11-34(24)31-25)19-13-23-21(28-15-19)8-10-33(23)26(36)32-9-3-6-22(32)18-4-2-5-20(27)12-18/h2,4-5,7,11-15,22H,3,6,8-10H2,1H3,(H,29,31,35). The van der Waals surface area contributed by atoms with Crippen LogP contribution in [0.25, 0.3) is 16.8 Å². The van der Waals surface area contributed by atoms with Gasteiger partial charge in [-0.3, -0.25) is 20.0 Å². The van der Waals surface area contributed by atoms with Gasteiger partial charge in [0.1, 0.15) is 5.82 Å². The molecule has 0 saturated carbocycles. The molecule has 6 rings (SSSR count). The Labute approximate surface area is 206 Å². The van der Waals surface area contributed by atoms with Crippen molar-refractivity contribution in [2.45, 2.75) is 32.2 Å². The third-order valence-corrected chi connectivity index (χ3v) is 6.73. The Morgan fingerprint density at radius 3 is 2.83 bits per heavy atom. The average Bonchev–Trinajstić information content (AvgIpc) is 3.60. The number of rotatable bonds is 3. The number of nitrogens with one attached hydrogen (secondary N) is 1. The van der Waals surface area contributed by atoms with E-state index >= 15 is 0 Å². The number of urea groups is 1. The van der Waals surface area contributed by atoms with E-state index in [0.29, 0.717) is 25.2 Å². The molecule has 0 spiro atoms. The summed E-state index contributed by atoms with van der Waals surface area (Å²) in [5.74, 6) is -0.292. The van der Waals surface area contributed by atoms with E-state index < -0.39 is 0 Å². The predicted molar refractivity (Wildman–Crippen MR) is 132 cm³/mol. The highest BCUT2D eigenvalue weighted by Gasteiger charge is 2.36. The maximum absolute atomic E-state index is 13.9. The van der Waals surface area contributed by atoms with E-state index in [9.17, 15) is 14.0 Å². The fourth-order valence-electron chi connectivity index (χ4n) is 5.09. The second kappa shape index (κ2) is 8.71. The Bertz CT molecular complexity index is 1500. The molecular weight excluding hydrogens is 461 g/mol. The van der Waals surface area contributed by atoms with Gasteiger partial charge in [0, 0.05) is 44.4 Å². The van der Waals surface area contributed by atoms with Crippen LogP contribution in [0.3, 0.4) is 0 Å². The molecule has 1 saturated heterocycles. The molecule has 10 heteroatoms. The monoisotopic (exact) mass is 485 g/mol. The van der Waals surface area contributed by atoms with Crippen LogP contribution in [0.1, 0.15) is 37.1 Å². The molecule has 0 radical (unpaired) electrons. The zero-order valence-corrected chi connectivity index (χ0v) is 19.7. The van der Waals surface area contributed by atoms with E-state index in [-0.39, 0.29) is 29.7 Å². The summed E-state index contributed by atoms with van der Waals surface area (Å²) in [5, 5.41) is 6.83. The molecule has 2 aliphatic rings. The molecule has 1 atom stereocenters. The first-order valence-electron chi connectivity index (χ1n) is 11.9. The average molecular weight is 486 g/mol. The molecule has 1 fully saturated rings. The Hall–Kier alpha value is -4.34. The lowest BCUT2D eigenvalue weighted by Crippen LogP contribution is -2.42. The van der Waals surface area contributed by atoms with Crippen LogP contribution in [-0.4, -0.2) is 49.5 Å². The molecule has 5 heterocycles. The molecular formula is C26H24FN7O2. The fraction of sp³-hybridized carbons (Fsp3) is 0.269. The van der Waals surface area contributed by atoms with E-state index in [1.807, 2.05) is 29.2 Å². The quantitative estimate of drug-likeness (QED) is 0.469. The van der Waals surface area contributed by atoms with E-state index in [1.54, 1.807) is 27.9 Å². The molecule has 1 unspecified atom stereocenters. The van der Waals surface area contributed by atoms with Crippen molar-refractivity contribution in [1.29, 1.82) is 0 Å². The van der Waals surface area contributed by atoms with Crippen molar-refractivity contribution in [2.24, 2.45) is 0 Å². The van der Waals surface area contributed by atoms with Crippen LogP contribution in [0.15, 0.2) is 54.9 Å². The highest BCUT2D eigenvalue weighted by molar-refractivity contribution is 5.95. The van der Waals surface area contributed by atoms with Crippen molar-refractivity contribution in [2.75, 3.05) is 23.3 Å². The number of aromatic nitrogens is 4. The van der Waals surface area contributed by atoms with Gasteiger partial charge >= 0.3 is 6.03 Å². The zero-order chi connectivity index (χ0) is 24.8. The van der Waals surface area contributed by atoms with Gasteiger partial charge in [-0.1, -0.05) is 12.1 Å². The summed E-state index contributed by atoms with van der Waals surface area (Å²) in [6.07, 6.45) is 5.95. The van der Waals surface area contributed by atoms with Gasteiger partial charge in [0.15, 0.2) is 5.65 Å². The number of hydrogen-bond acceptors (Lipinski definition) is 5. The number of halogens is 1. The van der Waals surface area contributed by atoms with Crippen molar-refractivity contribution in [3.8, 4) is 11.1 Å². The van der Waals surface area contributed by atoms with E-state index in [4.69, 9.17) is 0 Å². The van der Waals surface area contributed by atoms with Crippen LogP contribution in [0, 0.1) is 5.82 Å². The van der Waals surface area contributed by atoms with E-state index in [0.717, 1.165) is 40.9 Å². The Morgan fingerprint density at radius 2 is 2.00 bits per heavy atom. The maximum Gasteiger partial charge on any atom is 0.325 e. The first-order valence-corrected chi connectivity index (χ1v) is 11.9. The van der Waals surface area contributed by atoms with Crippen molar-refractivity contribution >= 4 is 29.2 Å². The SMILES string of the molecule is CC(=O)Nc1nc2cc(-c3cnc4c(c3)N(C(=O)N3CCCC3c3cccc(F)c3)CC4)ccn2n1. The summed E-state index contributed by atoms with van der Waals surface area (Å²) in [5.41, 5.74) is 4.81. The van der Waals surface area contributed by atoms with E-state index in [2.05, 4.69) is 20.4 Å². The van der Waals surface area contributed by atoms with Gasteiger partial charge in [0.05, 0.1) is 17.4 Å². The molecule has 3 amide bonds. The molecule has 0 aliphatic carbocycles. The Morgan fingerprint density at radius 1 is 1.11 bits per heavy atom. The number of fused-ring (bicyclic) bond motifs is 2. The van der Waals surface area contributed by atoms with Gasteiger partial charge in [-0.25, -0.2) is 13.7 Å². The smallest absolute Gasteiger partial charge is 0.317 e. The lowest BCUT2D eigenvalue weighted by atomic mass is 10.0. The van der Waals surface area contributed by atoms with Gasteiger partial charge in [-0.15, -0.1) is 5.10 Å². The van der Waals surface area contributed by atoms with Crippen LogP contribution in [0.2, 0.25) is 0 Å². The van der Waals surface area contributed by atoms with Crippen LogP contribution in [0.4, 0.5) is 20.8 Å². The summed E-state index contributed by atoms with van der Waals surface area (Å²) in [7, 11) is 0. The van der Waals surface area contributed by atoms with Gasteiger partial charge in [0.25, 0.3) is 0 Å². The molecule has 182 valence electrons. The largest absolute Gasteiger partial charge is 0.325 e. The van der Waals surface area contributed by atoms with Crippen molar-refractivity contribution < 1.29 is 14.0 Å². The summed E-state index contributed by atoms with van der Waals surface area (Å²) in [4.78, 5) is 37.6. The van der Waals surface area contributed by atoms with Crippen LogP contribution < -0.4 is 10.2 Å². The number of carbonyl (C=O) groups is 2. The number of hydrogen-bond donors (Lipinski definition) is 1. The maximum atomic E-state index is 13.9. The number of carbonyl (C=O) groups excluding carboxylic acids is 2. The lowest BCUT2D eigenvalue weighted by Gasteiger charge is -2.30. The summed E-state index contributed by atoms with van der Waals surface area (Å²) < 4.78 is 15.4. The van der Waals surface area contributed by atoms with Gasteiger partial charge in [0.2, 0.25) is 11.9 Å². The minimum atomic E-state index is -0.291. The highest BCUT2D eigenvalue weighted by Crippen LogP contribution is 2.37. The summed E-state index contributed by atoms with van der Waals surface area (Å²) in [6, 6.07) is 12.0. The zero-order valence-electron chi connectivity index (χ0n) is 19.7. The minimum Gasteiger partial charge on any atom is -0.317 e. The Balaban J connectivity index is 1.29. The van der Waals surface area contributed by atoms with Crippen molar-refractivity contribution in [3.63, 3.8) is 0 Å². The second-order valence-corrected chi connectivity index (χ2v) is 9.12. The van der Waals surface area contributed by atoms with E-state index in [1.165, 1.54) is 19.1 Å². The molecule has 1 aromatic carbocycles. The fourth-order valence-corrected chi connectivity index (χ4v) is 5.09. The molecule has 0 bridgehead atoms. The molecule has 2 aliphatic heterocycles. The second-order valence-electron chi connectivity index (χ2n) is 9.12. The van der Waals surface area contributed by atoms with Crippen molar-refractivity contribution in [1.82, 2.24) is 24.5 Å². The first-order chi connectivity index (χ1) is 17.5. The summed E-state index contributed by atoms with van der Waals surface area (Å²) >= 11 is 0. The highest BCUT2D eigenvalue weighted by atomic mass is 19.1. The van der Waals surface area contributed by atoms with Gasteiger partial charge in [-0.2, -0.15) is 4.98 Å². The van der Waals surface area contributed by atoms with Gasteiger partial charge in [-0.05, 0) is 54.3 Å². The molecule has 9 nitrogen and oxygen atoms in total. The summed E-state index contributed by atoms with van der Waals surface area (Å²) in [6.45, 7) is 2.60. The molecule has 36 heavy (non-hydrogen) atoms. The number of nitrogens with zero attached hydrogens (tertiary/aromatic N) is 6. The third kappa shape index (κ3) is 3.94. The van der Waals surface area contributed by atoms with Crippen LogP contribution in [-0.2, 0) is 11.2 Å². The Kier molecular flexibility index (Phi) is 5.36. The first kappa shape index (κ1) is 22.1.